The predicted molar refractivity (Wildman–Crippen MR) is 251 cm³/mol. The van der Waals surface area contributed by atoms with Gasteiger partial charge in [0.25, 0.3) is 10.1 Å². The second-order valence-corrected chi connectivity index (χ2v) is 22.5. The van der Waals surface area contributed by atoms with Crippen molar-refractivity contribution >= 4 is 16.1 Å². The summed E-state index contributed by atoms with van der Waals surface area (Å²) in [5, 5.41) is 43.2. The molecule has 3 aromatic rings. The van der Waals surface area contributed by atoms with Crippen LogP contribution in [0, 0.1) is 53.3 Å². The maximum Gasteiger partial charge on any atom is 0.268 e. The molecule has 3 fully saturated rings. The number of rotatable bonds is 6. The van der Waals surface area contributed by atoms with Crippen LogP contribution in [0.15, 0.2) is 77.3 Å². The molecule has 4 aliphatic carbocycles. The SMILES string of the molecule is CC1CCc2cc3ccc2C1CC(S(=O)(=O)O)C1C=C2CC(CC4CC(CO)CC#Cc5cc(O)ccc5C2O4)C1c1ccc(cc1)C(N=C(N)N)(C1CCC2CCCC2(O)C1CCO)O3. The molecule has 13 heteroatoms. The Hall–Kier alpha value is -4.42. The minimum atomic E-state index is -4.66. The zero-order valence-electron chi connectivity index (χ0n) is 37.8. The Kier molecular flexibility index (Phi) is 12.1. The maximum absolute atomic E-state index is 14.2. The summed E-state index contributed by atoms with van der Waals surface area (Å²) in [4.78, 5) is 5.07. The van der Waals surface area contributed by atoms with Crippen molar-refractivity contribution in [1.82, 2.24) is 0 Å². The monoisotopic (exact) mass is 919 g/mol. The van der Waals surface area contributed by atoms with Crippen LogP contribution in [0.5, 0.6) is 11.5 Å². The fourth-order valence-corrected chi connectivity index (χ4v) is 15.4. The fourth-order valence-electron chi connectivity index (χ4n) is 14.3. The number of hydrogen-bond donors (Lipinski definition) is 7. The third kappa shape index (κ3) is 8.03. The fraction of sp³-hybridized carbons (Fsp3) is 0.566. The van der Waals surface area contributed by atoms with E-state index in [0.29, 0.717) is 61.8 Å². The Balaban J connectivity index is 1.20. The molecular formula is C53H65N3O9S. The standard InChI is InChI=1S/C53H65N3O9S/c1-30-7-8-34-25-40-15-17-42(34)44(30)28-48(66(61,62)63)45-27-36-23-35(26-41-22-31(29-58)4-2-5-33-24-39(59)14-16-43(33)50(36)64-41)49(45)32-9-11-38(12-10-32)53(65-40,56-51(54)55)47-18-13-37-6-3-20-52(37,60)46(47)19-21-57/h9-12,14-17,24-25,27,30-31,35,37,41,44-50,57-60H,3-4,6-8,13,18-23,26,28-29H2,1H3,(H4,54,55,56)(H,61,62,63). The first-order valence-electron chi connectivity index (χ1n) is 24.3. The number of benzene rings is 3. The Bertz CT molecular complexity index is 2570. The number of phenols is 1. The smallest absolute Gasteiger partial charge is 0.268 e. The van der Waals surface area contributed by atoms with Gasteiger partial charge in [0.2, 0.25) is 5.72 Å². The number of phenolic OH excluding ortho intramolecular Hbond substituents is 1. The maximum atomic E-state index is 14.2. The van der Waals surface area contributed by atoms with E-state index in [-0.39, 0.29) is 78.9 Å². The summed E-state index contributed by atoms with van der Waals surface area (Å²) in [6, 6.07) is 19.1. The number of fused-ring (bicyclic) bond motifs is 10. The van der Waals surface area contributed by atoms with E-state index in [9.17, 15) is 33.4 Å². The lowest BCUT2D eigenvalue weighted by molar-refractivity contribution is -0.153. The first-order valence-corrected chi connectivity index (χ1v) is 25.8. The number of guanidine groups is 1. The molecule has 10 bridgehead atoms. The molecule has 5 aliphatic heterocycles. The van der Waals surface area contributed by atoms with E-state index in [1.165, 1.54) is 0 Å². The highest BCUT2D eigenvalue weighted by Crippen LogP contribution is 2.59. The van der Waals surface area contributed by atoms with Crippen molar-refractivity contribution in [2.45, 2.75) is 131 Å². The molecule has 0 radical (unpaired) electrons. The van der Waals surface area contributed by atoms with E-state index in [4.69, 9.17) is 25.9 Å². The molecule has 2 saturated carbocycles. The van der Waals surface area contributed by atoms with Gasteiger partial charge in [-0.25, -0.2) is 4.99 Å². The lowest BCUT2D eigenvalue weighted by Gasteiger charge is -2.52. The van der Waals surface area contributed by atoms with Gasteiger partial charge in [0.1, 0.15) is 17.6 Å². The number of nitrogens with zero attached hydrogens (tertiary/aromatic N) is 1. The van der Waals surface area contributed by atoms with E-state index in [1.807, 2.05) is 48.5 Å². The zero-order chi connectivity index (χ0) is 46.1. The summed E-state index contributed by atoms with van der Waals surface area (Å²) < 4.78 is 54.5. The summed E-state index contributed by atoms with van der Waals surface area (Å²) in [6.45, 7) is 1.97. The number of hydrogen-bond acceptors (Lipinski definition) is 9. The Morgan fingerprint density at radius 3 is 2.53 bits per heavy atom. The van der Waals surface area contributed by atoms with Crippen molar-refractivity contribution in [2.75, 3.05) is 13.2 Å². The van der Waals surface area contributed by atoms with Gasteiger partial charge >= 0.3 is 0 Å². The number of allylic oxidation sites excluding steroid dienone is 1. The van der Waals surface area contributed by atoms with Gasteiger partial charge in [-0.05, 0) is 159 Å². The normalized spacial score (nSPS) is 36.9. The largest absolute Gasteiger partial charge is 0.508 e. The van der Waals surface area contributed by atoms with Crippen LogP contribution in [-0.4, -0.2) is 69.5 Å². The van der Waals surface area contributed by atoms with Gasteiger partial charge in [-0.2, -0.15) is 8.42 Å². The number of aliphatic hydroxyl groups is 3. The van der Waals surface area contributed by atoms with Gasteiger partial charge in [0.05, 0.1) is 17.0 Å². The average Bonchev–Trinajstić information content (AvgIpc) is 3.62. The summed E-state index contributed by atoms with van der Waals surface area (Å²) in [6.07, 6.45) is 9.27. The van der Waals surface area contributed by atoms with Crippen LogP contribution in [-0.2, 0) is 27.0 Å². The van der Waals surface area contributed by atoms with Crippen molar-refractivity contribution in [2.24, 2.45) is 57.9 Å². The van der Waals surface area contributed by atoms with E-state index in [2.05, 4.69) is 24.8 Å². The van der Waals surface area contributed by atoms with Gasteiger partial charge in [-0.1, -0.05) is 67.7 Å². The second kappa shape index (κ2) is 17.6. The van der Waals surface area contributed by atoms with Gasteiger partial charge in [0, 0.05) is 48.2 Å². The predicted octanol–water partition coefficient (Wildman–Crippen LogP) is 7.09. The first kappa shape index (κ1) is 45.4. The average molecular weight is 920 g/mol. The molecule has 352 valence electrons. The molecule has 9 N–H and O–H groups in total. The van der Waals surface area contributed by atoms with Crippen molar-refractivity contribution in [3.05, 3.63) is 106 Å². The molecule has 14 atom stereocenters. The highest BCUT2D eigenvalue weighted by Gasteiger charge is 2.60. The molecular weight excluding hydrogens is 855 g/mol. The van der Waals surface area contributed by atoms with Crippen molar-refractivity contribution in [3.8, 4) is 23.3 Å². The minimum absolute atomic E-state index is 0.0714. The van der Waals surface area contributed by atoms with Gasteiger partial charge < -0.3 is 41.4 Å². The van der Waals surface area contributed by atoms with E-state index in [1.54, 1.807) is 12.1 Å². The van der Waals surface area contributed by atoms with Crippen LogP contribution in [0.2, 0.25) is 0 Å². The van der Waals surface area contributed by atoms with E-state index < -0.39 is 44.6 Å². The van der Waals surface area contributed by atoms with Gasteiger partial charge in [0.15, 0.2) is 5.96 Å². The van der Waals surface area contributed by atoms with E-state index in [0.717, 1.165) is 59.9 Å². The highest BCUT2D eigenvalue weighted by molar-refractivity contribution is 7.86. The number of aliphatic hydroxyl groups excluding tert-OH is 2. The third-order valence-corrected chi connectivity index (χ3v) is 18.5. The topological polar surface area (TPSA) is 218 Å². The molecule has 3 aromatic carbocycles. The van der Waals surface area contributed by atoms with Crippen LogP contribution >= 0.6 is 0 Å². The molecule has 9 aliphatic rings. The molecule has 12 rings (SSSR count). The Labute approximate surface area is 388 Å². The van der Waals surface area contributed by atoms with E-state index >= 15 is 0 Å². The lowest BCUT2D eigenvalue weighted by atomic mass is 9.59. The molecule has 66 heavy (non-hydrogen) atoms. The molecule has 0 amide bonds. The third-order valence-electron chi connectivity index (χ3n) is 17.2. The minimum Gasteiger partial charge on any atom is -0.508 e. The van der Waals surface area contributed by atoms with Crippen LogP contribution in [0.4, 0.5) is 0 Å². The number of ether oxygens (including phenoxy) is 2. The summed E-state index contributed by atoms with van der Waals surface area (Å²) in [5.41, 5.74) is 16.3. The number of aliphatic imine (C=N–C) groups is 1. The molecule has 0 aromatic heterocycles. The van der Waals surface area contributed by atoms with Crippen molar-refractivity contribution in [3.63, 3.8) is 0 Å². The number of aryl methyl sites for hydroxylation is 1. The van der Waals surface area contributed by atoms with Crippen molar-refractivity contribution in [1.29, 1.82) is 0 Å². The van der Waals surface area contributed by atoms with Crippen LogP contribution in [0.1, 0.15) is 135 Å². The van der Waals surface area contributed by atoms with Gasteiger partial charge in [-0.15, -0.1) is 0 Å². The molecule has 1 saturated heterocycles. The zero-order valence-corrected chi connectivity index (χ0v) is 38.6. The van der Waals surface area contributed by atoms with Crippen molar-refractivity contribution < 1.29 is 42.9 Å². The van der Waals surface area contributed by atoms with Gasteiger partial charge in [-0.3, -0.25) is 4.55 Å². The highest BCUT2D eigenvalue weighted by atomic mass is 32.2. The van der Waals surface area contributed by atoms with Crippen LogP contribution in [0.3, 0.4) is 0 Å². The molecule has 12 nitrogen and oxygen atoms in total. The molecule has 14 unspecified atom stereocenters. The number of aromatic hydroxyl groups is 1. The summed E-state index contributed by atoms with van der Waals surface area (Å²) in [5.74, 6) is 4.81. The number of nitrogens with two attached hydrogens (primary N) is 2. The first-order chi connectivity index (χ1) is 31.7. The quantitative estimate of drug-likeness (QED) is 0.0435. The van der Waals surface area contributed by atoms with Crippen LogP contribution in [0.25, 0.3) is 0 Å². The summed E-state index contributed by atoms with van der Waals surface area (Å²) in [7, 11) is -4.66. The lowest BCUT2D eigenvalue weighted by Crippen LogP contribution is -2.56. The summed E-state index contributed by atoms with van der Waals surface area (Å²) >= 11 is 0. The van der Waals surface area contributed by atoms with Crippen LogP contribution < -0.4 is 16.2 Å². The Morgan fingerprint density at radius 2 is 1.77 bits per heavy atom. The second-order valence-electron chi connectivity index (χ2n) is 20.9. The molecule has 5 heterocycles. The molecule has 0 spiro atoms. The Morgan fingerprint density at radius 1 is 0.970 bits per heavy atom.